The molecule has 1 aromatic rings. The number of hydrogen-bond donors (Lipinski definition) is 1. The molecular weight excluding hydrogens is 198 g/mol. The van der Waals surface area contributed by atoms with E-state index in [9.17, 15) is 0 Å². The van der Waals surface area contributed by atoms with Crippen LogP contribution in [-0.4, -0.2) is 12.1 Å². The molecule has 0 aliphatic heterocycles. The highest BCUT2D eigenvalue weighted by Gasteiger charge is 2.02. The second-order valence-electron chi connectivity index (χ2n) is 4.52. The lowest BCUT2D eigenvalue weighted by Gasteiger charge is -2.14. The van der Waals surface area contributed by atoms with Crippen molar-refractivity contribution in [2.45, 2.75) is 52.8 Å². The van der Waals surface area contributed by atoms with Gasteiger partial charge in [0.1, 0.15) is 5.75 Å². The lowest BCUT2D eigenvalue weighted by atomic mass is 10.2. The number of hydrogen-bond acceptors (Lipinski definition) is 2. The summed E-state index contributed by atoms with van der Waals surface area (Å²) >= 11 is 0. The van der Waals surface area contributed by atoms with Crippen LogP contribution >= 0.6 is 0 Å². The van der Waals surface area contributed by atoms with E-state index in [1.807, 2.05) is 6.07 Å². The van der Waals surface area contributed by atoms with Gasteiger partial charge in [-0.1, -0.05) is 32.9 Å². The first-order valence-electron chi connectivity index (χ1n) is 6.10. The Labute approximate surface area is 99.0 Å². The van der Waals surface area contributed by atoms with Crippen molar-refractivity contribution in [3.8, 4) is 5.75 Å². The molecule has 1 atom stereocenters. The Hall–Kier alpha value is -1.02. The average molecular weight is 221 g/mol. The Kier molecular flexibility index (Phi) is 5.33. The molecule has 0 aromatic heterocycles. The number of ether oxygens (including phenoxy) is 1. The highest BCUT2D eigenvalue weighted by Crippen LogP contribution is 2.15. The second kappa shape index (κ2) is 6.54. The van der Waals surface area contributed by atoms with Gasteiger partial charge in [0.25, 0.3) is 0 Å². The van der Waals surface area contributed by atoms with Crippen LogP contribution in [0.5, 0.6) is 5.75 Å². The van der Waals surface area contributed by atoms with E-state index in [0.717, 1.165) is 18.7 Å². The number of rotatable bonds is 6. The zero-order valence-corrected chi connectivity index (χ0v) is 10.8. The molecule has 2 nitrogen and oxygen atoms in total. The summed E-state index contributed by atoms with van der Waals surface area (Å²) in [6, 6.07) is 8.82. The first-order chi connectivity index (χ1) is 7.61. The van der Waals surface area contributed by atoms with Crippen molar-refractivity contribution in [2.24, 2.45) is 0 Å². The Morgan fingerprint density at radius 1 is 1.25 bits per heavy atom. The molecule has 1 aromatic carbocycles. The van der Waals surface area contributed by atoms with Crippen LogP contribution in [0.25, 0.3) is 0 Å². The molecule has 0 radical (unpaired) electrons. The molecular formula is C14H23NO. The van der Waals surface area contributed by atoms with Crippen LogP contribution < -0.4 is 10.1 Å². The highest BCUT2D eigenvalue weighted by atomic mass is 16.5. The van der Waals surface area contributed by atoms with Crippen LogP contribution in [0.4, 0.5) is 0 Å². The summed E-state index contributed by atoms with van der Waals surface area (Å²) in [5.41, 5.74) is 1.27. The van der Waals surface area contributed by atoms with E-state index in [2.05, 4.69) is 51.2 Å². The van der Waals surface area contributed by atoms with Gasteiger partial charge in [0.05, 0.1) is 6.10 Å². The summed E-state index contributed by atoms with van der Waals surface area (Å²) in [5, 5.41) is 3.40. The van der Waals surface area contributed by atoms with E-state index in [1.54, 1.807) is 0 Å². The Morgan fingerprint density at radius 3 is 2.62 bits per heavy atom. The van der Waals surface area contributed by atoms with Gasteiger partial charge in [-0.2, -0.15) is 0 Å². The van der Waals surface area contributed by atoms with Gasteiger partial charge < -0.3 is 10.1 Å². The Balaban J connectivity index is 2.56. The molecule has 1 rings (SSSR count). The van der Waals surface area contributed by atoms with Crippen molar-refractivity contribution in [3.63, 3.8) is 0 Å². The van der Waals surface area contributed by atoms with Gasteiger partial charge in [-0.05, 0) is 31.0 Å². The molecule has 0 spiro atoms. The molecule has 2 heteroatoms. The third kappa shape index (κ3) is 4.67. The van der Waals surface area contributed by atoms with Crippen molar-refractivity contribution in [1.29, 1.82) is 0 Å². The van der Waals surface area contributed by atoms with E-state index in [-0.39, 0.29) is 6.10 Å². The molecule has 1 N–H and O–H groups in total. The van der Waals surface area contributed by atoms with Crippen LogP contribution in [0.3, 0.4) is 0 Å². The smallest absolute Gasteiger partial charge is 0.120 e. The third-order valence-corrected chi connectivity index (χ3v) is 2.53. The summed E-state index contributed by atoms with van der Waals surface area (Å²) in [4.78, 5) is 0. The van der Waals surface area contributed by atoms with E-state index in [0.29, 0.717) is 6.04 Å². The van der Waals surface area contributed by atoms with Crippen molar-refractivity contribution in [3.05, 3.63) is 29.8 Å². The average Bonchev–Trinajstić information content (AvgIpc) is 2.26. The van der Waals surface area contributed by atoms with Gasteiger partial charge in [0.2, 0.25) is 0 Å². The fourth-order valence-corrected chi connectivity index (χ4v) is 1.37. The lowest BCUT2D eigenvalue weighted by Crippen LogP contribution is -2.21. The monoisotopic (exact) mass is 221 g/mol. The van der Waals surface area contributed by atoms with Gasteiger partial charge in [0, 0.05) is 12.6 Å². The fourth-order valence-electron chi connectivity index (χ4n) is 1.37. The first-order valence-corrected chi connectivity index (χ1v) is 6.10. The molecule has 0 saturated carbocycles. The largest absolute Gasteiger partial charge is 0.491 e. The molecule has 0 aliphatic rings. The summed E-state index contributed by atoms with van der Waals surface area (Å²) in [7, 11) is 0. The standard InChI is InChI=1S/C14H23NO/c1-5-12(4)16-14-8-6-7-13(9-14)10-15-11(2)3/h6-9,11-12,15H,5,10H2,1-4H3. The minimum absolute atomic E-state index is 0.285. The SMILES string of the molecule is CCC(C)Oc1cccc(CNC(C)C)c1. The number of benzene rings is 1. The molecule has 0 aliphatic carbocycles. The van der Waals surface area contributed by atoms with Crippen LogP contribution in [0.2, 0.25) is 0 Å². The maximum absolute atomic E-state index is 5.78. The molecule has 16 heavy (non-hydrogen) atoms. The van der Waals surface area contributed by atoms with Crippen LogP contribution in [-0.2, 0) is 6.54 Å². The Morgan fingerprint density at radius 2 is 2.00 bits per heavy atom. The Bertz CT molecular complexity index is 309. The molecule has 90 valence electrons. The zero-order valence-electron chi connectivity index (χ0n) is 10.8. The quantitative estimate of drug-likeness (QED) is 0.795. The minimum atomic E-state index is 0.285. The van der Waals surface area contributed by atoms with Crippen LogP contribution in [0.15, 0.2) is 24.3 Å². The van der Waals surface area contributed by atoms with Gasteiger partial charge in [0.15, 0.2) is 0 Å². The van der Waals surface area contributed by atoms with E-state index < -0.39 is 0 Å². The van der Waals surface area contributed by atoms with E-state index in [4.69, 9.17) is 4.74 Å². The first kappa shape index (κ1) is 13.0. The van der Waals surface area contributed by atoms with Gasteiger partial charge in [-0.25, -0.2) is 0 Å². The normalized spacial score (nSPS) is 12.8. The summed E-state index contributed by atoms with van der Waals surface area (Å²) in [6.07, 6.45) is 1.32. The van der Waals surface area contributed by atoms with Crippen molar-refractivity contribution >= 4 is 0 Å². The summed E-state index contributed by atoms with van der Waals surface area (Å²) in [5.74, 6) is 0.970. The molecule has 1 unspecified atom stereocenters. The summed E-state index contributed by atoms with van der Waals surface area (Å²) in [6.45, 7) is 9.43. The van der Waals surface area contributed by atoms with Gasteiger partial charge >= 0.3 is 0 Å². The third-order valence-electron chi connectivity index (χ3n) is 2.53. The number of nitrogens with one attached hydrogen (secondary N) is 1. The summed E-state index contributed by atoms with van der Waals surface area (Å²) < 4.78 is 5.78. The zero-order chi connectivity index (χ0) is 12.0. The maximum Gasteiger partial charge on any atom is 0.120 e. The van der Waals surface area contributed by atoms with Crippen molar-refractivity contribution in [1.82, 2.24) is 5.32 Å². The van der Waals surface area contributed by atoms with Crippen LogP contribution in [0, 0.1) is 0 Å². The molecule has 0 amide bonds. The molecule has 0 saturated heterocycles. The van der Waals surface area contributed by atoms with Crippen molar-refractivity contribution in [2.75, 3.05) is 0 Å². The highest BCUT2D eigenvalue weighted by molar-refractivity contribution is 5.28. The fraction of sp³-hybridized carbons (Fsp3) is 0.571. The minimum Gasteiger partial charge on any atom is -0.491 e. The molecule has 0 fully saturated rings. The second-order valence-corrected chi connectivity index (χ2v) is 4.52. The predicted molar refractivity (Wildman–Crippen MR) is 68.8 cm³/mol. The topological polar surface area (TPSA) is 21.3 Å². The van der Waals surface area contributed by atoms with Gasteiger partial charge in [-0.3, -0.25) is 0 Å². The predicted octanol–water partition coefficient (Wildman–Crippen LogP) is 3.36. The lowest BCUT2D eigenvalue weighted by molar-refractivity contribution is 0.217. The van der Waals surface area contributed by atoms with E-state index >= 15 is 0 Å². The van der Waals surface area contributed by atoms with Gasteiger partial charge in [-0.15, -0.1) is 0 Å². The maximum atomic E-state index is 5.78. The van der Waals surface area contributed by atoms with Crippen LogP contribution in [0.1, 0.15) is 39.7 Å². The molecule has 0 heterocycles. The van der Waals surface area contributed by atoms with E-state index in [1.165, 1.54) is 5.56 Å². The molecule has 0 bridgehead atoms. The van der Waals surface area contributed by atoms with Crippen molar-refractivity contribution < 1.29 is 4.74 Å².